The van der Waals surface area contributed by atoms with Crippen LogP contribution in [-0.4, -0.2) is 29.2 Å². The summed E-state index contributed by atoms with van der Waals surface area (Å²) in [6, 6.07) is 12.8. The second-order valence-corrected chi connectivity index (χ2v) is 4.60. The highest BCUT2D eigenvalue weighted by Crippen LogP contribution is 2.13. The molecule has 0 aliphatic carbocycles. The third-order valence-corrected chi connectivity index (χ3v) is 2.89. The van der Waals surface area contributed by atoms with Crippen molar-refractivity contribution in [3.05, 3.63) is 53.7 Å². The number of aromatic carboxylic acids is 1. The van der Waals surface area contributed by atoms with Crippen molar-refractivity contribution in [2.75, 3.05) is 18.5 Å². The molecule has 0 fully saturated rings. The molecule has 2 rings (SSSR count). The molecule has 0 aliphatic rings. The van der Waals surface area contributed by atoms with Crippen LogP contribution in [0.2, 0.25) is 0 Å². The molecule has 0 atom stereocenters. The van der Waals surface area contributed by atoms with E-state index in [1.54, 1.807) is 12.1 Å². The van der Waals surface area contributed by atoms with Crippen molar-refractivity contribution in [1.82, 2.24) is 4.98 Å². The van der Waals surface area contributed by atoms with Gasteiger partial charge in [-0.3, -0.25) is 0 Å². The van der Waals surface area contributed by atoms with E-state index in [1.807, 2.05) is 37.3 Å². The van der Waals surface area contributed by atoms with Gasteiger partial charge in [-0.15, -0.1) is 0 Å². The molecule has 0 bridgehead atoms. The number of rotatable bonds is 7. The first-order valence-corrected chi connectivity index (χ1v) is 6.79. The summed E-state index contributed by atoms with van der Waals surface area (Å²) in [6.45, 7) is 2.99. The standard InChI is InChI=1S/C16H18N2O3/c1-12-8-9-14(16(19)20)15(18-12)17-10-5-11-21-13-6-3-2-4-7-13/h2-4,6-9H,5,10-11H2,1H3,(H,17,18)(H,19,20). The molecule has 1 aromatic carbocycles. The van der Waals surface area contributed by atoms with Gasteiger partial charge in [0.15, 0.2) is 0 Å². The Morgan fingerprint density at radius 1 is 1.24 bits per heavy atom. The van der Waals surface area contributed by atoms with Gasteiger partial charge in [0.25, 0.3) is 0 Å². The largest absolute Gasteiger partial charge is 0.494 e. The summed E-state index contributed by atoms with van der Waals surface area (Å²) in [6.07, 6.45) is 0.754. The Morgan fingerprint density at radius 2 is 2.00 bits per heavy atom. The van der Waals surface area contributed by atoms with E-state index in [4.69, 9.17) is 9.84 Å². The van der Waals surface area contributed by atoms with Crippen LogP contribution in [0.1, 0.15) is 22.5 Å². The monoisotopic (exact) mass is 286 g/mol. The molecular weight excluding hydrogens is 268 g/mol. The summed E-state index contributed by atoms with van der Waals surface area (Å²) in [5, 5.41) is 12.2. The summed E-state index contributed by atoms with van der Waals surface area (Å²) in [5.41, 5.74) is 0.965. The topological polar surface area (TPSA) is 71.5 Å². The number of carbonyl (C=O) groups is 1. The van der Waals surface area contributed by atoms with Gasteiger partial charge in [0, 0.05) is 12.2 Å². The van der Waals surface area contributed by atoms with Crippen molar-refractivity contribution in [3.8, 4) is 5.75 Å². The first-order chi connectivity index (χ1) is 10.2. The van der Waals surface area contributed by atoms with Gasteiger partial charge in [-0.1, -0.05) is 18.2 Å². The fraction of sp³-hybridized carbons (Fsp3) is 0.250. The molecule has 2 aromatic rings. The van der Waals surface area contributed by atoms with Gasteiger partial charge in [-0.2, -0.15) is 0 Å². The lowest BCUT2D eigenvalue weighted by molar-refractivity contribution is 0.0697. The fourth-order valence-electron chi connectivity index (χ4n) is 1.85. The molecule has 0 aliphatic heterocycles. The Kier molecular flexibility index (Phi) is 5.15. The van der Waals surface area contributed by atoms with E-state index in [9.17, 15) is 4.79 Å². The fourth-order valence-corrected chi connectivity index (χ4v) is 1.85. The lowest BCUT2D eigenvalue weighted by Gasteiger charge is -2.10. The minimum Gasteiger partial charge on any atom is -0.494 e. The number of nitrogens with one attached hydrogen (secondary N) is 1. The zero-order valence-corrected chi connectivity index (χ0v) is 11.9. The quantitative estimate of drug-likeness (QED) is 0.766. The molecule has 2 N–H and O–H groups in total. The average molecular weight is 286 g/mol. The Labute approximate surface area is 123 Å². The number of hydrogen-bond donors (Lipinski definition) is 2. The predicted molar refractivity (Wildman–Crippen MR) is 81.0 cm³/mol. The first-order valence-electron chi connectivity index (χ1n) is 6.79. The summed E-state index contributed by atoms with van der Waals surface area (Å²) in [7, 11) is 0. The Hall–Kier alpha value is -2.56. The molecule has 5 heteroatoms. The van der Waals surface area contributed by atoms with Crippen molar-refractivity contribution in [2.45, 2.75) is 13.3 Å². The van der Waals surface area contributed by atoms with Crippen LogP contribution < -0.4 is 10.1 Å². The van der Waals surface area contributed by atoms with Gasteiger partial charge in [0.2, 0.25) is 0 Å². The van der Waals surface area contributed by atoms with E-state index >= 15 is 0 Å². The van der Waals surface area contributed by atoms with E-state index in [2.05, 4.69) is 10.3 Å². The predicted octanol–water partition coefficient (Wildman–Crippen LogP) is 2.97. The van der Waals surface area contributed by atoms with Crippen molar-refractivity contribution in [3.63, 3.8) is 0 Å². The van der Waals surface area contributed by atoms with Crippen LogP contribution in [0.5, 0.6) is 5.75 Å². The number of aryl methyl sites for hydroxylation is 1. The number of carboxylic acid groups (broad SMARTS) is 1. The van der Waals surface area contributed by atoms with Crippen LogP contribution in [0.4, 0.5) is 5.82 Å². The SMILES string of the molecule is Cc1ccc(C(=O)O)c(NCCCOc2ccccc2)n1. The number of carboxylic acids is 1. The van der Waals surface area contributed by atoms with Gasteiger partial charge in [-0.25, -0.2) is 9.78 Å². The number of hydrogen-bond acceptors (Lipinski definition) is 4. The Morgan fingerprint density at radius 3 is 2.71 bits per heavy atom. The highest BCUT2D eigenvalue weighted by atomic mass is 16.5. The molecule has 0 radical (unpaired) electrons. The van der Waals surface area contributed by atoms with Crippen LogP contribution in [0, 0.1) is 6.92 Å². The van der Waals surface area contributed by atoms with Crippen LogP contribution >= 0.6 is 0 Å². The van der Waals surface area contributed by atoms with Gasteiger partial charge in [0.05, 0.1) is 6.61 Å². The number of benzene rings is 1. The average Bonchev–Trinajstić information content (AvgIpc) is 2.48. The zero-order valence-electron chi connectivity index (χ0n) is 11.9. The molecule has 5 nitrogen and oxygen atoms in total. The molecular formula is C16H18N2O3. The number of para-hydroxylation sites is 1. The lowest BCUT2D eigenvalue weighted by atomic mass is 10.2. The van der Waals surface area contributed by atoms with Gasteiger partial charge >= 0.3 is 5.97 Å². The van der Waals surface area contributed by atoms with E-state index < -0.39 is 5.97 Å². The normalized spacial score (nSPS) is 10.1. The number of pyridine rings is 1. The molecule has 0 saturated heterocycles. The van der Waals surface area contributed by atoms with Gasteiger partial charge in [0.1, 0.15) is 17.1 Å². The summed E-state index contributed by atoms with van der Waals surface area (Å²) >= 11 is 0. The van der Waals surface area contributed by atoms with Crippen LogP contribution in [0.15, 0.2) is 42.5 Å². The maximum Gasteiger partial charge on any atom is 0.339 e. The highest BCUT2D eigenvalue weighted by Gasteiger charge is 2.10. The first kappa shape index (κ1) is 14.8. The smallest absolute Gasteiger partial charge is 0.339 e. The van der Waals surface area contributed by atoms with Gasteiger partial charge in [-0.05, 0) is 37.6 Å². The van der Waals surface area contributed by atoms with Crippen LogP contribution in [-0.2, 0) is 0 Å². The Bertz CT molecular complexity index is 600. The number of nitrogens with zero attached hydrogens (tertiary/aromatic N) is 1. The molecule has 1 heterocycles. The third-order valence-electron chi connectivity index (χ3n) is 2.89. The van der Waals surface area contributed by atoms with E-state index in [-0.39, 0.29) is 5.56 Å². The Balaban J connectivity index is 1.81. The number of ether oxygens (including phenoxy) is 1. The highest BCUT2D eigenvalue weighted by molar-refractivity contribution is 5.93. The molecule has 110 valence electrons. The van der Waals surface area contributed by atoms with Crippen molar-refractivity contribution in [2.24, 2.45) is 0 Å². The summed E-state index contributed by atoms with van der Waals surface area (Å²) in [5.74, 6) is 0.255. The minimum atomic E-state index is -0.981. The maximum absolute atomic E-state index is 11.1. The van der Waals surface area contributed by atoms with E-state index in [0.717, 1.165) is 17.9 Å². The second kappa shape index (κ2) is 7.28. The van der Waals surface area contributed by atoms with E-state index in [1.165, 1.54) is 0 Å². The van der Waals surface area contributed by atoms with Crippen molar-refractivity contribution >= 4 is 11.8 Å². The summed E-state index contributed by atoms with van der Waals surface area (Å²) < 4.78 is 5.57. The second-order valence-electron chi connectivity index (χ2n) is 4.60. The van der Waals surface area contributed by atoms with Crippen LogP contribution in [0.3, 0.4) is 0 Å². The molecule has 1 aromatic heterocycles. The van der Waals surface area contributed by atoms with Crippen molar-refractivity contribution < 1.29 is 14.6 Å². The van der Waals surface area contributed by atoms with Crippen LogP contribution in [0.25, 0.3) is 0 Å². The van der Waals surface area contributed by atoms with Gasteiger partial charge < -0.3 is 15.2 Å². The molecule has 0 unspecified atom stereocenters. The molecule has 0 saturated carbocycles. The lowest BCUT2D eigenvalue weighted by Crippen LogP contribution is -2.12. The number of anilines is 1. The summed E-state index contributed by atoms with van der Waals surface area (Å²) in [4.78, 5) is 15.3. The molecule has 0 spiro atoms. The van der Waals surface area contributed by atoms with Crippen molar-refractivity contribution in [1.29, 1.82) is 0 Å². The third kappa shape index (κ3) is 4.49. The minimum absolute atomic E-state index is 0.185. The zero-order chi connectivity index (χ0) is 15.1. The molecule has 0 amide bonds. The maximum atomic E-state index is 11.1. The number of aromatic nitrogens is 1. The van der Waals surface area contributed by atoms with E-state index in [0.29, 0.717) is 19.0 Å². The molecule has 21 heavy (non-hydrogen) atoms.